The van der Waals surface area contributed by atoms with E-state index in [1.165, 1.54) is 6.92 Å². The Labute approximate surface area is 115 Å². The van der Waals surface area contributed by atoms with Crippen molar-refractivity contribution in [3.63, 3.8) is 0 Å². The quantitative estimate of drug-likeness (QED) is 0.563. The molecule has 20 heavy (non-hydrogen) atoms. The lowest BCUT2D eigenvalue weighted by molar-refractivity contribution is 0.404. The largest absolute Gasteiger partial charge is 0.206 e. The van der Waals surface area contributed by atoms with Crippen LogP contribution in [0.2, 0.25) is 0 Å². The number of fused-ring (bicyclic) bond motifs is 4. The summed E-state index contributed by atoms with van der Waals surface area (Å²) in [5.74, 6) is -1.91. The summed E-state index contributed by atoms with van der Waals surface area (Å²) in [6, 6.07) is 5.24. The summed E-state index contributed by atoms with van der Waals surface area (Å²) in [5.41, 5.74) is 2.61. The van der Waals surface area contributed by atoms with Crippen LogP contribution in [0.4, 0.5) is 13.2 Å². The molecule has 0 atom stereocenters. The number of hydrogen-bond donors (Lipinski definition) is 0. The zero-order valence-electron chi connectivity index (χ0n) is 11.1. The standard InChI is InChI=1S/C17H13F3/c1-8-7-12-11-6-5-10(9-3-2-4-9)16(19)13(11)14(12)17(20)15(8)18/h5-7,9H,2-4H2,1H3. The third-order valence-electron chi connectivity index (χ3n) is 4.65. The first-order valence-corrected chi connectivity index (χ1v) is 6.91. The highest BCUT2D eigenvalue weighted by Gasteiger charge is 2.35. The zero-order valence-corrected chi connectivity index (χ0v) is 11.1. The van der Waals surface area contributed by atoms with Gasteiger partial charge in [0, 0.05) is 11.1 Å². The van der Waals surface area contributed by atoms with Gasteiger partial charge >= 0.3 is 0 Å². The smallest absolute Gasteiger partial charge is 0.167 e. The maximum atomic E-state index is 14.6. The van der Waals surface area contributed by atoms with E-state index < -0.39 is 11.6 Å². The Kier molecular flexibility index (Phi) is 2.33. The Morgan fingerprint density at radius 3 is 2.25 bits per heavy atom. The minimum absolute atomic E-state index is 0.113. The molecule has 0 heterocycles. The molecule has 102 valence electrons. The molecular weight excluding hydrogens is 261 g/mol. The first kappa shape index (κ1) is 12.0. The summed E-state index contributed by atoms with van der Waals surface area (Å²) in [6.45, 7) is 1.52. The second-order valence-electron chi connectivity index (χ2n) is 5.76. The number of hydrogen-bond acceptors (Lipinski definition) is 0. The van der Waals surface area contributed by atoms with Crippen LogP contribution in [0.15, 0.2) is 18.2 Å². The van der Waals surface area contributed by atoms with Crippen molar-refractivity contribution in [1.29, 1.82) is 0 Å². The minimum atomic E-state index is -0.919. The van der Waals surface area contributed by atoms with Crippen molar-refractivity contribution in [2.75, 3.05) is 0 Å². The van der Waals surface area contributed by atoms with Crippen LogP contribution >= 0.6 is 0 Å². The Balaban J connectivity index is 1.92. The summed E-state index contributed by atoms with van der Waals surface area (Å²) < 4.78 is 42.3. The molecule has 0 aromatic heterocycles. The van der Waals surface area contributed by atoms with Crippen molar-refractivity contribution in [2.45, 2.75) is 32.1 Å². The lowest BCUT2D eigenvalue weighted by Crippen LogP contribution is -2.14. The number of rotatable bonds is 1. The van der Waals surface area contributed by atoms with Crippen molar-refractivity contribution >= 4 is 0 Å². The fourth-order valence-corrected chi connectivity index (χ4v) is 3.24. The summed E-state index contributed by atoms with van der Waals surface area (Å²) in [6.07, 6.45) is 3.07. The maximum absolute atomic E-state index is 14.6. The van der Waals surface area contributed by atoms with E-state index >= 15 is 0 Å². The van der Waals surface area contributed by atoms with Crippen molar-refractivity contribution in [3.8, 4) is 22.3 Å². The summed E-state index contributed by atoms with van der Waals surface area (Å²) in [4.78, 5) is 0. The van der Waals surface area contributed by atoms with Gasteiger partial charge in [0.25, 0.3) is 0 Å². The van der Waals surface area contributed by atoms with E-state index in [0.29, 0.717) is 16.7 Å². The van der Waals surface area contributed by atoms with Crippen LogP contribution in [0, 0.1) is 24.4 Å². The molecule has 2 aromatic carbocycles. The molecule has 0 saturated heterocycles. The third kappa shape index (κ3) is 1.33. The van der Waals surface area contributed by atoms with Gasteiger partial charge in [0.2, 0.25) is 0 Å². The molecule has 2 aromatic rings. The number of aryl methyl sites for hydroxylation is 1. The average molecular weight is 274 g/mol. The van der Waals surface area contributed by atoms with Gasteiger partial charge < -0.3 is 0 Å². The molecule has 0 amide bonds. The molecule has 2 aliphatic rings. The van der Waals surface area contributed by atoms with Crippen molar-refractivity contribution in [1.82, 2.24) is 0 Å². The number of halogens is 3. The molecule has 0 spiro atoms. The Hall–Kier alpha value is -1.77. The van der Waals surface area contributed by atoms with E-state index in [-0.39, 0.29) is 28.4 Å². The van der Waals surface area contributed by atoms with Gasteiger partial charge in [-0.25, -0.2) is 13.2 Å². The molecule has 0 unspecified atom stereocenters. The lowest BCUT2D eigenvalue weighted by Gasteiger charge is -2.31. The molecule has 4 rings (SSSR count). The van der Waals surface area contributed by atoms with Gasteiger partial charge in [-0.2, -0.15) is 0 Å². The molecule has 0 nitrogen and oxygen atoms in total. The van der Waals surface area contributed by atoms with Crippen molar-refractivity contribution < 1.29 is 13.2 Å². The SMILES string of the molecule is Cc1cc2c(c(F)c1F)-c1c-2ccc(C2CCC2)c1F. The van der Waals surface area contributed by atoms with E-state index in [4.69, 9.17) is 0 Å². The van der Waals surface area contributed by atoms with Crippen LogP contribution in [-0.4, -0.2) is 0 Å². The number of benzene rings is 2. The fraction of sp³-hybridized carbons (Fsp3) is 0.294. The van der Waals surface area contributed by atoms with E-state index in [0.717, 1.165) is 19.3 Å². The normalized spacial score (nSPS) is 16.2. The molecule has 2 aliphatic carbocycles. The van der Waals surface area contributed by atoms with Crippen LogP contribution in [0.25, 0.3) is 22.3 Å². The van der Waals surface area contributed by atoms with Gasteiger partial charge in [-0.3, -0.25) is 0 Å². The predicted molar refractivity (Wildman–Crippen MR) is 72.1 cm³/mol. The van der Waals surface area contributed by atoms with Crippen LogP contribution in [-0.2, 0) is 0 Å². The highest BCUT2D eigenvalue weighted by atomic mass is 19.2. The Morgan fingerprint density at radius 1 is 0.900 bits per heavy atom. The average Bonchev–Trinajstić information content (AvgIpc) is 2.35. The summed E-state index contributed by atoms with van der Waals surface area (Å²) >= 11 is 0. The van der Waals surface area contributed by atoms with Gasteiger partial charge in [-0.15, -0.1) is 0 Å². The highest BCUT2D eigenvalue weighted by Crippen LogP contribution is 2.53. The van der Waals surface area contributed by atoms with Gasteiger partial charge in [0.1, 0.15) is 5.82 Å². The lowest BCUT2D eigenvalue weighted by atomic mass is 9.73. The van der Waals surface area contributed by atoms with E-state index in [9.17, 15) is 13.2 Å². The second kappa shape index (κ2) is 3.87. The Morgan fingerprint density at radius 2 is 1.60 bits per heavy atom. The minimum Gasteiger partial charge on any atom is -0.206 e. The first-order chi connectivity index (χ1) is 9.59. The van der Waals surface area contributed by atoms with E-state index in [1.807, 2.05) is 6.07 Å². The summed E-state index contributed by atoms with van der Waals surface area (Å²) in [5, 5.41) is 0. The van der Waals surface area contributed by atoms with Gasteiger partial charge in [0.15, 0.2) is 11.6 Å². The van der Waals surface area contributed by atoms with Gasteiger partial charge in [-0.05, 0) is 54.0 Å². The Bertz CT molecular complexity index is 743. The molecule has 3 heteroatoms. The second-order valence-corrected chi connectivity index (χ2v) is 5.76. The topological polar surface area (TPSA) is 0 Å². The molecule has 1 saturated carbocycles. The van der Waals surface area contributed by atoms with E-state index in [1.54, 1.807) is 12.1 Å². The van der Waals surface area contributed by atoms with Crippen LogP contribution in [0.3, 0.4) is 0 Å². The van der Waals surface area contributed by atoms with Crippen LogP contribution < -0.4 is 0 Å². The molecule has 0 N–H and O–H groups in total. The summed E-state index contributed by atoms with van der Waals surface area (Å²) in [7, 11) is 0. The predicted octanol–water partition coefficient (Wildman–Crippen LogP) is 5.33. The highest BCUT2D eigenvalue weighted by molar-refractivity contribution is 6.03. The van der Waals surface area contributed by atoms with Crippen LogP contribution in [0.5, 0.6) is 0 Å². The third-order valence-corrected chi connectivity index (χ3v) is 4.65. The molecule has 0 radical (unpaired) electrons. The monoisotopic (exact) mass is 274 g/mol. The van der Waals surface area contributed by atoms with Gasteiger partial charge in [-0.1, -0.05) is 18.6 Å². The zero-order chi connectivity index (χ0) is 14.0. The first-order valence-electron chi connectivity index (χ1n) is 6.91. The molecule has 1 fully saturated rings. The van der Waals surface area contributed by atoms with Crippen molar-refractivity contribution in [3.05, 3.63) is 46.8 Å². The van der Waals surface area contributed by atoms with Gasteiger partial charge in [0.05, 0.1) is 0 Å². The molecule has 0 aliphatic heterocycles. The molecule has 0 bridgehead atoms. The van der Waals surface area contributed by atoms with Crippen LogP contribution in [0.1, 0.15) is 36.3 Å². The van der Waals surface area contributed by atoms with Crippen molar-refractivity contribution in [2.24, 2.45) is 0 Å². The fourth-order valence-electron chi connectivity index (χ4n) is 3.24. The van der Waals surface area contributed by atoms with E-state index in [2.05, 4.69) is 0 Å². The maximum Gasteiger partial charge on any atom is 0.167 e. The molecular formula is C17H13F3.